The van der Waals surface area contributed by atoms with Gasteiger partial charge in [0.05, 0.1) is 0 Å². The fourth-order valence-electron chi connectivity index (χ4n) is 1.72. The highest BCUT2D eigenvalue weighted by Crippen LogP contribution is 2.12. The van der Waals surface area contributed by atoms with Gasteiger partial charge in [0, 0.05) is 30.6 Å². The Hall–Kier alpha value is -1.49. The quantitative estimate of drug-likeness (QED) is 0.752. The van der Waals surface area contributed by atoms with Gasteiger partial charge in [-0.1, -0.05) is 0 Å². The molecular formula is C12H14N2O2S. The van der Waals surface area contributed by atoms with Crippen LogP contribution in [0.15, 0.2) is 29.2 Å². The predicted molar refractivity (Wildman–Crippen MR) is 67.2 cm³/mol. The highest BCUT2D eigenvalue weighted by atomic mass is 32.1. The summed E-state index contributed by atoms with van der Waals surface area (Å²) in [6.45, 7) is 1.34. The minimum absolute atomic E-state index is 0.0181. The molecule has 0 spiro atoms. The molecule has 4 nitrogen and oxygen atoms in total. The molecule has 0 bridgehead atoms. The smallest absolute Gasteiger partial charge is 0.254 e. The molecule has 1 aliphatic rings. The zero-order valence-electron chi connectivity index (χ0n) is 9.59. The zero-order chi connectivity index (χ0) is 12.4. The largest absolute Gasteiger partial charge is 0.342 e. The highest BCUT2D eigenvalue weighted by Gasteiger charge is 2.25. The summed E-state index contributed by atoms with van der Waals surface area (Å²) in [6.07, 6.45) is 0. The predicted octanol–water partition coefficient (Wildman–Crippen LogP) is 0.889. The number of hydrogen-bond donors (Lipinski definition) is 1. The van der Waals surface area contributed by atoms with Crippen LogP contribution in [0.25, 0.3) is 0 Å². The van der Waals surface area contributed by atoms with Crippen LogP contribution in [0.1, 0.15) is 10.4 Å². The van der Waals surface area contributed by atoms with Crippen LogP contribution in [0, 0.1) is 0 Å². The van der Waals surface area contributed by atoms with Crippen LogP contribution in [0.3, 0.4) is 0 Å². The van der Waals surface area contributed by atoms with Crippen molar-refractivity contribution >= 4 is 24.4 Å². The molecule has 0 atom stereocenters. The lowest BCUT2D eigenvalue weighted by atomic mass is 10.2. The second-order valence-electron chi connectivity index (χ2n) is 4.09. The van der Waals surface area contributed by atoms with Gasteiger partial charge < -0.3 is 9.80 Å². The summed E-state index contributed by atoms with van der Waals surface area (Å²) in [5.74, 6) is -0.116. The first-order chi connectivity index (χ1) is 8.08. The summed E-state index contributed by atoms with van der Waals surface area (Å²) in [7, 11) is 1.75. The van der Waals surface area contributed by atoms with Crippen molar-refractivity contribution in [1.29, 1.82) is 0 Å². The number of carbonyl (C=O) groups excluding carboxylic acids is 2. The van der Waals surface area contributed by atoms with Crippen molar-refractivity contribution in [2.24, 2.45) is 0 Å². The van der Waals surface area contributed by atoms with E-state index in [0.717, 1.165) is 4.90 Å². The van der Waals surface area contributed by atoms with E-state index in [1.165, 1.54) is 0 Å². The van der Waals surface area contributed by atoms with Crippen LogP contribution in [0.2, 0.25) is 0 Å². The summed E-state index contributed by atoms with van der Waals surface area (Å²) in [5.41, 5.74) is 0.597. The van der Waals surface area contributed by atoms with Crippen molar-refractivity contribution in [2.45, 2.75) is 4.90 Å². The normalized spacial score (nSPS) is 16.2. The fraction of sp³-hybridized carbons (Fsp3) is 0.333. The molecule has 0 saturated carbocycles. The maximum Gasteiger partial charge on any atom is 0.254 e. The van der Waals surface area contributed by atoms with Gasteiger partial charge in [0.15, 0.2) is 0 Å². The molecule has 0 unspecified atom stereocenters. The van der Waals surface area contributed by atoms with E-state index in [9.17, 15) is 9.59 Å². The minimum atomic E-state index is -0.0974. The van der Waals surface area contributed by atoms with Crippen LogP contribution >= 0.6 is 12.6 Å². The summed E-state index contributed by atoms with van der Waals surface area (Å²) in [5, 5.41) is 0. The molecule has 1 aliphatic heterocycles. The molecule has 0 radical (unpaired) electrons. The molecule has 1 saturated heterocycles. The monoisotopic (exact) mass is 250 g/mol. The van der Waals surface area contributed by atoms with E-state index in [4.69, 9.17) is 0 Å². The van der Waals surface area contributed by atoms with Gasteiger partial charge in [-0.25, -0.2) is 0 Å². The minimum Gasteiger partial charge on any atom is -0.342 e. The number of piperazine rings is 1. The Morgan fingerprint density at radius 3 is 2.47 bits per heavy atom. The van der Waals surface area contributed by atoms with Crippen molar-refractivity contribution in [3.8, 4) is 0 Å². The second-order valence-corrected chi connectivity index (χ2v) is 4.61. The Morgan fingerprint density at radius 1 is 1.24 bits per heavy atom. The van der Waals surface area contributed by atoms with E-state index in [2.05, 4.69) is 12.6 Å². The number of thiol groups is 1. The maximum atomic E-state index is 12.1. The van der Waals surface area contributed by atoms with Gasteiger partial charge in [0.25, 0.3) is 5.91 Å². The van der Waals surface area contributed by atoms with E-state index in [1.54, 1.807) is 41.1 Å². The Bertz CT molecular complexity index is 444. The molecule has 1 heterocycles. The Labute approximate surface area is 106 Å². The number of amides is 2. The lowest BCUT2D eigenvalue weighted by molar-refractivity contribution is -0.133. The third kappa shape index (κ3) is 2.61. The van der Waals surface area contributed by atoms with Crippen LogP contribution in [-0.4, -0.2) is 48.3 Å². The lowest BCUT2D eigenvalue weighted by Crippen LogP contribution is -2.50. The van der Waals surface area contributed by atoms with Crippen molar-refractivity contribution in [2.75, 3.05) is 26.7 Å². The first-order valence-corrected chi connectivity index (χ1v) is 5.85. The summed E-state index contributed by atoms with van der Waals surface area (Å²) >= 11 is 4.17. The Kier molecular flexibility index (Phi) is 3.38. The van der Waals surface area contributed by atoms with Crippen molar-refractivity contribution in [3.05, 3.63) is 29.8 Å². The molecule has 0 N–H and O–H groups in total. The SMILES string of the molecule is CN1CCN(C(=O)c2ccc(S)cc2)CC1=O. The van der Waals surface area contributed by atoms with Gasteiger partial charge in [-0.05, 0) is 24.3 Å². The van der Waals surface area contributed by atoms with Gasteiger partial charge in [-0.15, -0.1) is 12.6 Å². The third-order valence-electron chi connectivity index (χ3n) is 2.86. The highest BCUT2D eigenvalue weighted by molar-refractivity contribution is 7.80. The molecule has 0 aromatic heterocycles. The number of likely N-dealkylation sites (N-methyl/N-ethyl adjacent to an activating group) is 1. The van der Waals surface area contributed by atoms with Gasteiger partial charge in [-0.2, -0.15) is 0 Å². The molecule has 1 fully saturated rings. The zero-order valence-corrected chi connectivity index (χ0v) is 10.5. The maximum absolute atomic E-state index is 12.1. The van der Waals surface area contributed by atoms with Crippen molar-refractivity contribution in [1.82, 2.24) is 9.80 Å². The van der Waals surface area contributed by atoms with Crippen LogP contribution in [0.4, 0.5) is 0 Å². The number of nitrogens with zero attached hydrogens (tertiary/aromatic N) is 2. The summed E-state index contributed by atoms with van der Waals surface area (Å²) < 4.78 is 0. The third-order valence-corrected chi connectivity index (χ3v) is 3.16. The Balaban J connectivity index is 2.10. The van der Waals surface area contributed by atoms with Crippen molar-refractivity contribution in [3.63, 3.8) is 0 Å². The molecule has 0 aliphatic carbocycles. The lowest BCUT2D eigenvalue weighted by Gasteiger charge is -2.32. The average molecular weight is 250 g/mol. The average Bonchev–Trinajstić information content (AvgIpc) is 2.33. The van der Waals surface area contributed by atoms with Gasteiger partial charge in [0.2, 0.25) is 5.91 Å². The van der Waals surface area contributed by atoms with E-state index >= 15 is 0 Å². The summed E-state index contributed by atoms with van der Waals surface area (Å²) in [6, 6.07) is 7.00. The van der Waals surface area contributed by atoms with E-state index < -0.39 is 0 Å². The molecule has 2 rings (SSSR count). The van der Waals surface area contributed by atoms with Gasteiger partial charge >= 0.3 is 0 Å². The molecule has 1 aromatic rings. The number of benzene rings is 1. The van der Waals surface area contributed by atoms with E-state index in [-0.39, 0.29) is 18.4 Å². The topological polar surface area (TPSA) is 40.6 Å². The standard InChI is InChI=1S/C12H14N2O2S/c1-13-6-7-14(8-11(13)15)12(16)9-2-4-10(17)5-3-9/h2-5,17H,6-8H2,1H3. The number of hydrogen-bond acceptors (Lipinski definition) is 3. The second kappa shape index (κ2) is 4.79. The van der Waals surface area contributed by atoms with Crippen LogP contribution in [-0.2, 0) is 4.79 Å². The molecule has 90 valence electrons. The number of carbonyl (C=O) groups is 2. The molecule has 2 amide bonds. The molecule has 17 heavy (non-hydrogen) atoms. The first-order valence-electron chi connectivity index (χ1n) is 5.40. The van der Waals surface area contributed by atoms with Crippen molar-refractivity contribution < 1.29 is 9.59 Å². The molecule has 1 aromatic carbocycles. The van der Waals surface area contributed by atoms with Gasteiger partial charge in [0.1, 0.15) is 6.54 Å². The number of rotatable bonds is 1. The molecule has 5 heteroatoms. The van der Waals surface area contributed by atoms with Crippen LogP contribution in [0.5, 0.6) is 0 Å². The van der Waals surface area contributed by atoms with Crippen LogP contribution < -0.4 is 0 Å². The van der Waals surface area contributed by atoms with Gasteiger partial charge in [-0.3, -0.25) is 9.59 Å². The first kappa shape index (κ1) is 12.0. The van der Waals surface area contributed by atoms with E-state index in [0.29, 0.717) is 18.7 Å². The fourth-order valence-corrected chi connectivity index (χ4v) is 1.87. The summed E-state index contributed by atoms with van der Waals surface area (Å²) in [4.78, 5) is 27.6. The van der Waals surface area contributed by atoms with E-state index in [1.807, 2.05) is 0 Å². The Morgan fingerprint density at radius 2 is 1.88 bits per heavy atom. The molecular weight excluding hydrogens is 236 g/mol.